The Morgan fingerprint density at radius 2 is 1.74 bits per heavy atom. The molecule has 13 heteroatoms. The molecule has 7 N–H and O–H groups in total. The van der Waals surface area contributed by atoms with Crippen molar-refractivity contribution < 1.29 is 32.6 Å². The number of carbonyl (C=O) groups is 2. The maximum absolute atomic E-state index is 12.9. The number of amides is 1. The van der Waals surface area contributed by atoms with Crippen LogP contribution in [0.1, 0.15) is 67.2 Å². The van der Waals surface area contributed by atoms with Gasteiger partial charge in [0.25, 0.3) is 10.0 Å². The number of nitrogens with one attached hydrogen (secondary N) is 2. The van der Waals surface area contributed by atoms with E-state index in [1.807, 2.05) is 6.07 Å². The Labute approximate surface area is 254 Å². The van der Waals surface area contributed by atoms with E-state index in [0.29, 0.717) is 28.5 Å². The van der Waals surface area contributed by atoms with Gasteiger partial charge in [0.15, 0.2) is 0 Å². The first-order valence-electron chi connectivity index (χ1n) is 14.3. The summed E-state index contributed by atoms with van der Waals surface area (Å²) in [5.41, 5.74) is 13.9. The molecule has 1 atom stereocenters. The lowest BCUT2D eigenvalue weighted by molar-refractivity contribution is -0.139. The van der Waals surface area contributed by atoms with E-state index in [1.54, 1.807) is 51.1 Å². The van der Waals surface area contributed by atoms with E-state index in [2.05, 4.69) is 15.0 Å². The molecule has 0 unspecified atom stereocenters. The second kappa shape index (κ2) is 17.3. The lowest BCUT2D eigenvalue weighted by Crippen LogP contribution is -2.41. The van der Waals surface area contributed by atoms with Gasteiger partial charge in [-0.05, 0) is 74.8 Å². The van der Waals surface area contributed by atoms with Gasteiger partial charge in [-0.3, -0.25) is 4.99 Å². The zero-order chi connectivity index (χ0) is 32.0. The molecule has 0 heterocycles. The first kappa shape index (κ1) is 35.4. The second-order valence-corrected chi connectivity index (χ2v) is 12.1. The first-order valence-corrected chi connectivity index (χ1v) is 15.8. The highest BCUT2D eigenvalue weighted by Gasteiger charge is 2.24. The number of nitrogens with two attached hydrogens (primary N) is 2. The summed E-state index contributed by atoms with van der Waals surface area (Å²) in [6.07, 6.45) is 6.06. The van der Waals surface area contributed by atoms with E-state index < -0.39 is 28.1 Å². The normalized spacial score (nSPS) is 14.6. The van der Waals surface area contributed by atoms with Crippen molar-refractivity contribution in [2.45, 2.75) is 89.3 Å². The van der Waals surface area contributed by atoms with Crippen LogP contribution in [0.4, 0.5) is 4.79 Å². The van der Waals surface area contributed by atoms with Gasteiger partial charge in [0.05, 0.1) is 12.0 Å². The fraction of sp³-hybridized carbons (Fsp3) is 0.500. The number of carboxylic acids is 1. The molecule has 1 aliphatic rings. The number of benzene rings is 2. The van der Waals surface area contributed by atoms with Crippen molar-refractivity contribution >= 4 is 28.0 Å². The van der Waals surface area contributed by atoms with Crippen LogP contribution in [0.15, 0.2) is 46.3 Å². The maximum atomic E-state index is 12.9. The minimum atomic E-state index is -4.01. The molecular formula is C30H45N5O7S. The third-order valence-electron chi connectivity index (χ3n) is 7.09. The number of aryl methyl sites for hydroxylation is 1. The molecule has 0 bridgehead atoms. The molecule has 3 rings (SSSR count). The molecular weight excluding hydrogens is 574 g/mol. The molecule has 0 saturated heterocycles. The zero-order valence-electron chi connectivity index (χ0n) is 25.4. The number of hydrogen-bond acceptors (Lipinski definition) is 8. The van der Waals surface area contributed by atoms with Crippen LogP contribution >= 0.6 is 0 Å². The number of aliphatic imine (C=N–C) groups is 1. The Kier molecular flexibility index (Phi) is 14.2. The zero-order valence-corrected chi connectivity index (χ0v) is 26.2. The summed E-state index contributed by atoms with van der Waals surface area (Å²) in [6.45, 7) is 5.14. The number of methoxy groups -OCH3 is 1. The summed E-state index contributed by atoms with van der Waals surface area (Å²) in [7, 11) is -2.50. The lowest BCUT2D eigenvalue weighted by Gasteiger charge is -2.17. The summed E-state index contributed by atoms with van der Waals surface area (Å²) in [6, 6.07) is 9.93. The summed E-state index contributed by atoms with van der Waals surface area (Å²) in [5, 5.41) is 11.7. The van der Waals surface area contributed by atoms with Crippen LogP contribution in [0, 0.1) is 20.8 Å². The molecule has 0 aromatic heterocycles. The molecule has 2 aromatic carbocycles. The van der Waals surface area contributed by atoms with Crippen LogP contribution in [0.2, 0.25) is 0 Å². The Morgan fingerprint density at radius 3 is 2.30 bits per heavy atom. The Hall–Kier alpha value is -3.84. The standard InChI is InChI=1S/C24H32N4O7S.C6H13N/c1-15-13-20(34-4)16(2)17(3)21(15)36(32,33)28-23(25)26-12-8-11-19(22(29)30)27-24(31)35-14-18-9-6-5-7-10-18;7-6-4-2-1-3-5-6/h5-7,9-10,13,19H,8,11-12,14H2,1-4H3,(H,27,31)(H,29,30)(H3,25,26,28);6H,1-5,7H2/t19-;/m1./s1. The minimum absolute atomic E-state index is 0.00660. The number of carbonyl (C=O) groups excluding carboxylic acids is 1. The van der Waals surface area contributed by atoms with Crippen molar-refractivity contribution in [2.24, 2.45) is 16.5 Å². The number of rotatable bonds is 11. The van der Waals surface area contributed by atoms with Crippen LogP contribution in [0.25, 0.3) is 0 Å². The molecule has 1 fully saturated rings. The second-order valence-electron chi connectivity index (χ2n) is 10.5. The predicted octanol–water partition coefficient (Wildman–Crippen LogP) is 3.65. The minimum Gasteiger partial charge on any atom is -0.496 e. The Morgan fingerprint density at radius 1 is 1.09 bits per heavy atom. The Balaban J connectivity index is 0.000000804. The van der Waals surface area contributed by atoms with Gasteiger partial charge in [0, 0.05) is 12.6 Å². The lowest BCUT2D eigenvalue weighted by atomic mass is 9.97. The van der Waals surface area contributed by atoms with E-state index in [1.165, 1.54) is 39.2 Å². The summed E-state index contributed by atoms with van der Waals surface area (Å²) in [4.78, 5) is 27.5. The van der Waals surface area contributed by atoms with Gasteiger partial charge in [-0.1, -0.05) is 49.6 Å². The highest BCUT2D eigenvalue weighted by molar-refractivity contribution is 7.90. The number of guanidine groups is 1. The third-order valence-corrected chi connectivity index (χ3v) is 8.74. The number of ether oxygens (including phenoxy) is 2. The highest BCUT2D eigenvalue weighted by atomic mass is 32.2. The van der Waals surface area contributed by atoms with E-state index in [9.17, 15) is 23.1 Å². The van der Waals surface area contributed by atoms with Crippen molar-refractivity contribution in [3.63, 3.8) is 0 Å². The quantitative estimate of drug-likeness (QED) is 0.142. The van der Waals surface area contributed by atoms with Gasteiger partial charge in [0.1, 0.15) is 18.4 Å². The van der Waals surface area contributed by atoms with Gasteiger partial charge < -0.3 is 31.4 Å². The van der Waals surface area contributed by atoms with Crippen LogP contribution in [0.5, 0.6) is 5.75 Å². The molecule has 0 radical (unpaired) electrons. The van der Waals surface area contributed by atoms with Crippen molar-refractivity contribution in [2.75, 3.05) is 13.7 Å². The molecule has 2 aromatic rings. The number of hydrogen-bond donors (Lipinski definition) is 5. The molecule has 1 amide bonds. The summed E-state index contributed by atoms with van der Waals surface area (Å²) >= 11 is 0. The molecule has 0 aliphatic heterocycles. The molecule has 1 aliphatic carbocycles. The van der Waals surface area contributed by atoms with Crippen molar-refractivity contribution in [3.8, 4) is 5.75 Å². The number of aliphatic carboxylic acids is 1. The fourth-order valence-electron chi connectivity index (χ4n) is 4.66. The van der Waals surface area contributed by atoms with E-state index in [4.69, 9.17) is 20.9 Å². The molecule has 238 valence electrons. The van der Waals surface area contributed by atoms with Crippen LogP contribution in [-0.4, -0.2) is 57.3 Å². The molecule has 1 saturated carbocycles. The fourth-order valence-corrected chi connectivity index (χ4v) is 6.14. The van der Waals surface area contributed by atoms with Gasteiger partial charge in [-0.25, -0.2) is 22.7 Å². The average Bonchev–Trinajstić information content (AvgIpc) is 2.96. The van der Waals surface area contributed by atoms with Crippen molar-refractivity contribution in [1.29, 1.82) is 0 Å². The number of alkyl carbamates (subject to hydrolysis) is 1. The van der Waals surface area contributed by atoms with Gasteiger partial charge in [0.2, 0.25) is 5.96 Å². The summed E-state index contributed by atoms with van der Waals surface area (Å²) in [5.74, 6) is -0.981. The maximum Gasteiger partial charge on any atom is 0.408 e. The van der Waals surface area contributed by atoms with E-state index in [-0.39, 0.29) is 36.8 Å². The van der Waals surface area contributed by atoms with Gasteiger partial charge in [-0.15, -0.1) is 0 Å². The Bertz CT molecular complexity index is 1340. The van der Waals surface area contributed by atoms with Crippen LogP contribution in [0.3, 0.4) is 0 Å². The third kappa shape index (κ3) is 11.8. The van der Waals surface area contributed by atoms with Gasteiger partial charge >= 0.3 is 12.1 Å². The smallest absolute Gasteiger partial charge is 0.408 e. The van der Waals surface area contributed by atoms with Crippen molar-refractivity contribution in [3.05, 3.63) is 58.7 Å². The van der Waals surface area contributed by atoms with Crippen molar-refractivity contribution in [1.82, 2.24) is 10.0 Å². The van der Waals surface area contributed by atoms with Gasteiger partial charge in [-0.2, -0.15) is 0 Å². The SMILES string of the molecule is COc1cc(C)c(S(=O)(=O)NC(N)=NCCC[C@@H](NC(=O)OCc2ccccc2)C(=O)O)c(C)c1C.NC1CCCCC1. The largest absolute Gasteiger partial charge is 0.496 e. The number of sulfonamides is 1. The number of carboxylic acid groups (broad SMARTS) is 1. The van der Waals surface area contributed by atoms with Crippen LogP contribution in [-0.2, 0) is 26.2 Å². The highest BCUT2D eigenvalue weighted by Crippen LogP contribution is 2.30. The molecule has 0 spiro atoms. The van der Waals surface area contributed by atoms with Crippen LogP contribution < -0.4 is 26.2 Å². The topological polar surface area (TPSA) is 195 Å². The molecule has 43 heavy (non-hydrogen) atoms. The average molecular weight is 620 g/mol. The molecule has 12 nitrogen and oxygen atoms in total. The monoisotopic (exact) mass is 619 g/mol. The number of nitrogens with zero attached hydrogens (tertiary/aromatic N) is 1. The first-order chi connectivity index (χ1) is 20.4. The van der Waals surface area contributed by atoms with E-state index >= 15 is 0 Å². The summed E-state index contributed by atoms with van der Waals surface area (Å²) < 4.78 is 38.4. The predicted molar refractivity (Wildman–Crippen MR) is 165 cm³/mol. The van der Waals surface area contributed by atoms with E-state index in [0.717, 1.165) is 5.56 Å².